The fraction of sp³-hybridized carbons (Fsp3) is 0.353. The molecule has 0 atom stereocenters. The Hall–Kier alpha value is -1.91. The average Bonchev–Trinajstić information content (AvgIpc) is 2.58. The lowest BCUT2D eigenvalue weighted by atomic mass is 10.1. The summed E-state index contributed by atoms with van der Waals surface area (Å²) in [4.78, 5) is 6.60. The molecule has 1 saturated heterocycles. The molecule has 0 radical (unpaired) electrons. The highest BCUT2D eigenvalue weighted by Gasteiger charge is 2.10. The van der Waals surface area contributed by atoms with Crippen LogP contribution in [-0.2, 0) is 4.74 Å². The lowest BCUT2D eigenvalue weighted by Gasteiger charge is -2.28. The van der Waals surface area contributed by atoms with Gasteiger partial charge in [-0.3, -0.25) is 4.98 Å². The Kier molecular flexibility index (Phi) is 5.72. The van der Waals surface area contributed by atoms with Crippen LogP contribution in [0.3, 0.4) is 0 Å². The van der Waals surface area contributed by atoms with Crippen LogP contribution in [-0.4, -0.2) is 38.3 Å². The zero-order valence-electron chi connectivity index (χ0n) is 12.7. The molecule has 21 heavy (non-hydrogen) atoms. The van der Waals surface area contributed by atoms with E-state index >= 15 is 0 Å². The van der Waals surface area contributed by atoms with Crippen molar-refractivity contribution >= 4 is 5.69 Å². The third-order valence-electron chi connectivity index (χ3n) is 3.47. The highest BCUT2D eigenvalue weighted by molar-refractivity contribution is 5.66. The van der Waals surface area contributed by atoms with Gasteiger partial charge < -0.3 is 15.4 Å². The van der Waals surface area contributed by atoms with Crippen LogP contribution in [0.25, 0.3) is 11.1 Å². The van der Waals surface area contributed by atoms with Gasteiger partial charge in [0.15, 0.2) is 0 Å². The van der Waals surface area contributed by atoms with Crippen molar-refractivity contribution in [2.45, 2.75) is 6.92 Å². The van der Waals surface area contributed by atoms with Crippen molar-refractivity contribution in [1.29, 1.82) is 0 Å². The van der Waals surface area contributed by atoms with Gasteiger partial charge in [-0.2, -0.15) is 0 Å². The van der Waals surface area contributed by atoms with Gasteiger partial charge in [-0.15, -0.1) is 0 Å². The van der Waals surface area contributed by atoms with Gasteiger partial charge in [0.2, 0.25) is 0 Å². The van der Waals surface area contributed by atoms with E-state index in [1.807, 2.05) is 13.1 Å². The summed E-state index contributed by atoms with van der Waals surface area (Å²) in [6.07, 6.45) is 1.86. The Balaban J connectivity index is 0.000000774. The van der Waals surface area contributed by atoms with E-state index in [-0.39, 0.29) is 0 Å². The normalized spacial score (nSPS) is 14.3. The molecule has 2 N–H and O–H groups in total. The van der Waals surface area contributed by atoms with Crippen LogP contribution >= 0.6 is 0 Å². The molecular weight excluding hydrogens is 262 g/mol. The minimum Gasteiger partial charge on any atom is -0.378 e. The topological polar surface area (TPSA) is 51.4 Å². The second kappa shape index (κ2) is 7.76. The number of pyridine rings is 1. The zero-order valence-corrected chi connectivity index (χ0v) is 12.7. The van der Waals surface area contributed by atoms with E-state index in [2.05, 4.69) is 52.0 Å². The number of rotatable bonds is 2. The summed E-state index contributed by atoms with van der Waals surface area (Å²) >= 11 is 0. The smallest absolute Gasteiger partial charge is 0.0642 e. The van der Waals surface area contributed by atoms with Gasteiger partial charge in [0, 0.05) is 30.7 Å². The fourth-order valence-electron chi connectivity index (χ4n) is 2.41. The van der Waals surface area contributed by atoms with E-state index in [1.54, 1.807) is 0 Å². The number of anilines is 1. The minimum atomic E-state index is 0.825. The van der Waals surface area contributed by atoms with Gasteiger partial charge in [-0.1, -0.05) is 12.1 Å². The molecule has 1 aromatic carbocycles. The minimum absolute atomic E-state index is 0.825. The summed E-state index contributed by atoms with van der Waals surface area (Å²) in [5, 5.41) is 0. The Bertz CT molecular complexity index is 548. The molecule has 2 aromatic rings. The number of ether oxygens (including phenoxy) is 1. The Morgan fingerprint density at radius 2 is 1.67 bits per heavy atom. The predicted octanol–water partition coefficient (Wildman–Crippen LogP) is 2.47. The Morgan fingerprint density at radius 3 is 2.29 bits per heavy atom. The monoisotopic (exact) mass is 285 g/mol. The second-order valence-corrected chi connectivity index (χ2v) is 4.83. The number of nitrogens with zero attached hydrogens (tertiary/aromatic N) is 2. The van der Waals surface area contributed by atoms with Gasteiger partial charge >= 0.3 is 0 Å². The van der Waals surface area contributed by atoms with Crippen molar-refractivity contribution in [2.75, 3.05) is 38.3 Å². The molecule has 4 heteroatoms. The van der Waals surface area contributed by atoms with Crippen LogP contribution in [0.2, 0.25) is 0 Å². The molecular formula is C17H23N3O. The van der Waals surface area contributed by atoms with Crippen molar-refractivity contribution in [3.05, 3.63) is 48.3 Å². The van der Waals surface area contributed by atoms with Crippen LogP contribution < -0.4 is 10.6 Å². The fourth-order valence-corrected chi connectivity index (χ4v) is 2.41. The largest absolute Gasteiger partial charge is 0.378 e. The first-order valence-corrected chi connectivity index (χ1v) is 7.26. The maximum Gasteiger partial charge on any atom is 0.0642 e. The third kappa shape index (κ3) is 4.03. The maximum absolute atomic E-state index is 5.38. The first kappa shape index (κ1) is 15.5. The van der Waals surface area contributed by atoms with Crippen LogP contribution in [0, 0.1) is 6.92 Å². The lowest BCUT2D eigenvalue weighted by molar-refractivity contribution is 0.122. The van der Waals surface area contributed by atoms with E-state index in [0.717, 1.165) is 32.0 Å². The maximum atomic E-state index is 5.38. The number of aryl methyl sites for hydroxylation is 1. The predicted molar refractivity (Wildman–Crippen MR) is 87.6 cm³/mol. The molecule has 3 rings (SSSR count). The molecule has 0 spiro atoms. The first-order valence-electron chi connectivity index (χ1n) is 7.26. The molecule has 1 aliphatic rings. The van der Waals surface area contributed by atoms with E-state index in [9.17, 15) is 0 Å². The molecule has 1 fully saturated rings. The van der Waals surface area contributed by atoms with Gasteiger partial charge in [0.05, 0.1) is 13.2 Å². The quantitative estimate of drug-likeness (QED) is 0.921. The summed E-state index contributed by atoms with van der Waals surface area (Å²) in [5.74, 6) is 0. The molecule has 0 saturated carbocycles. The van der Waals surface area contributed by atoms with Gasteiger partial charge in [0.25, 0.3) is 0 Å². The Morgan fingerprint density at radius 1 is 1.00 bits per heavy atom. The average molecular weight is 285 g/mol. The number of hydrogen-bond donors (Lipinski definition) is 1. The van der Waals surface area contributed by atoms with Crippen molar-refractivity contribution in [3.63, 3.8) is 0 Å². The summed E-state index contributed by atoms with van der Waals surface area (Å²) in [6.45, 7) is 5.63. The molecule has 112 valence electrons. The molecule has 0 unspecified atom stereocenters. The SMILES string of the molecule is CN.Cc1cc(-c2ccc(N3CCOCC3)cc2)ccn1. The van der Waals surface area contributed by atoms with Crippen LogP contribution in [0.15, 0.2) is 42.6 Å². The lowest BCUT2D eigenvalue weighted by Crippen LogP contribution is -2.36. The van der Waals surface area contributed by atoms with Gasteiger partial charge in [0.1, 0.15) is 0 Å². The van der Waals surface area contributed by atoms with E-state index < -0.39 is 0 Å². The van der Waals surface area contributed by atoms with Gasteiger partial charge in [-0.25, -0.2) is 0 Å². The zero-order chi connectivity index (χ0) is 15.1. The van der Waals surface area contributed by atoms with Crippen molar-refractivity contribution in [1.82, 2.24) is 4.98 Å². The summed E-state index contributed by atoms with van der Waals surface area (Å²) in [7, 11) is 1.50. The van der Waals surface area contributed by atoms with Crippen molar-refractivity contribution in [2.24, 2.45) is 5.73 Å². The van der Waals surface area contributed by atoms with E-state index in [4.69, 9.17) is 4.74 Å². The highest BCUT2D eigenvalue weighted by Crippen LogP contribution is 2.23. The van der Waals surface area contributed by atoms with Crippen LogP contribution in [0.1, 0.15) is 5.69 Å². The van der Waals surface area contributed by atoms with E-state index in [0.29, 0.717) is 0 Å². The van der Waals surface area contributed by atoms with Crippen molar-refractivity contribution in [3.8, 4) is 11.1 Å². The number of hydrogen-bond acceptors (Lipinski definition) is 4. The molecule has 0 amide bonds. The third-order valence-corrected chi connectivity index (χ3v) is 3.47. The highest BCUT2D eigenvalue weighted by atomic mass is 16.5. The number of morpholine rings is 1. The van der Waals surface area contributed by atoms with E-state index in [1.165, 1.54) is 23.9 Å². The molecule has 1 aliphatic heterocycles. The molecule has 4 nitrogen and oxygen atoms in total. The van der Waals surface area contributed by atoms with Crippen LogP contribution in [0.4, 0.5) is 5.69 Å². The molecule has 1 aromatic heterocycles. The first-order chi connectivity index (χ1) is 10.3. The standard InChI is InChI=1S/C16H18N2O.CH5N/c1-13-12-15(6-7-17-13)14-2-4-16(5-3-14)18-8-10-19-11-9-18;1-2/h2-7,12H,8-11H2,1H3;2H2,1H3. The Labute approximate surface area is 126 Å². The number of aromatic nitrogens is 1. The second-order valence-electron chi connectivity index (χ2n) is 4.83. The molecule has 0 bridgehead atoms. The summed E-state index contributed by atoms with van der Waals surface area (Å²) in [6, 6.07) is 12.9. The molecule has 0 aliphatic carbocycles. The summed E-state index contributed by atoms with van der Waals surface area (Å²) in [5.41, 5.74) is 9.29. The van der Waals surface area contributed by atoms with Gasteiger partial charge in [-0.05, 0) is 49.4 Å². The summed E-state index contributed by atoms with van der Waals surface area (Å²) < 4.78 is 5.38. The van der Waals surface area contributed by atoms with Crippen molar-refractivity contribution < 1.29 is 4.74 Å². The number of benzene rings is 1. The number of nitrogens with two attached hydrogens (primary N) is 1. The van der Waals surface area contributed by atoms with Crippen LogP contribution in [0.5, 0.6) is 0 Å². The molecule has 2 heterocycles.